The first-order chi connectivity index (χ1) is 12.7. The molecule has 0 heterocycles. The average molecular weight is 382 g/mol. The van der Waals surface area contributed by atoms with Crippen molar-refractivity contribution in [1.82, 2.24) is 5.32 Å². The minimum atomic E-state index is 0.332. The molecule has 4 rings (SSSR count). The fourth-order valence-corrected chi connectivity index (χ4v) is 4.42. The van der Waals surface area contributed by atoms with E-state index in [0.29, 0.717) is 17.0 Å². The molecular weight excluding hydrogens is 361 g/mol. The summed E-state index contributed by atoms with van der Waals surface area (Å²) >= 11 is 12.5. The molecule has 1 aliphatic rings. The number of halogens is 2. The Bertz CT molecular complexity index is 892. The highest BCUT2D eigenvalue weighted by Gasteiger charge is 2.32. The van der Waals surface area contributed by atoms with E-state index in [1.165, 1.54) is 22.3 Å². The summed E-state index contributed by atoms with van der Waals surface area (Å²) in [5.74, 6) is 0.481. The summed E-state index contributed by atoms with van der Waals surface area (Å²) in [5, 5.41) is 5.23. The molecule has 3 aromatic carbocycles. The van der Waals surface area contributed by atoms with Crippen molar-refractivity contribution in [3.63, 3.8) is 0 Å². The standard InChI is InChI=1S/C23H21Cl2N/c24-20-11-10-18(22(25)14-20)13-19-12-17-8-4-5-9-21(17)23(19)26-15-16-6-2-1-3-7-16/h1-11,14,19,23,26H,12-13,15H2. The minimum absolute atomic E-state index is 0.332. The molecule has 0 bridgehead atoms. The van der Waals surface area contributed by atoms with E-state index in [4.69, 9.17) is 23.2 Å². The van der Waals surface area contributed by atoms with Gasteiger partial charge in [0, 0.05) is 22.6 Å². The highest BCUT2D eigenvalue weighted by molar-refractivity contribution is 6.35. The maximum atomic E-state index is 6.44. The van der Waals surface area contributed by atoms with Gasteiger partial charge in [0.05, 0.1) is 0 Å². The van der Waals surface area contributed by atoms with Crippen LogP contribution >= 0.6 is 23.2 Å². The summed E-state index contributed by atoms with van der Waals surface area (Å²) in [6.45, 7) is 0.866. The van der Waals surface area contributed by atoms with Gasteiger partial charge in [-0.2, -0.15) is 0 Å². The van der Waals surface area contributed by atoms with Crippen LogP contribution in [-0.2, 0) is 19.4 Å². The van der Waals surface area contributed by atoms with Gasteiger partial charge < -0.3 is 5.32 Å². The number of hydrogen-bond acceptors (Lipinski definition) is 1. The van der Waals surface area contributed by atoms with Crippen molar-refractivity contribution in [3.05, 3.63) is 105 Å². The molecular formula is C23H21Cl2N. The van der Waals surface area contributed by atoms with Crippen LogP contribution in [0, 0.1) is 5.92 Å². The van der Waals surface area contributed by atoms with Crippen LogP contribution in [0.3, 0.4) is 0 Å². The molecule has 26 heavy (non-hydrogen) atoms. The fourth-order valence-electron chi connectivity index (χ4n) is 3.94. The van der Waals surface area contributed by atoms with E-state index in [-0.39, 0.29) is 0 Å². The number of nitrogens with one attached hydrogen (secondary N) is 1. The van der Waals surface area contributed by atoms with Gasteiger partial charge >= 0.3 is 0 Å². The summed E-state index contributed by atoms with van der Waals surface area (Å²) in [7, 11) is 0. The Morgan fingerprint density at radius 1 is 0.885 bits per heavy atom. The average Bonchev–Trinajstić information content (AvgIpc) is 3.00. The third kappa shape index (κ3) is 3.81. The number of fused-ring (bicyclic) bond motifs is 1. The third-order valence-electron chi connectivity index (χ3n) is 5.21. The molecule has 0 saturated carbocycles. The lowest BCUT2D eigenvalue weighted by Crippen LogP contribution is -2.26. The zero-order valence-electron chi connectivity index (χ0n) is 14.5. The molecule has 0 amide bonds. The van der Waals surface area contributed by atoms with E-state index in [0.717, 1.165) is 24.4 Å². The van der Waals surface area contributed by atoms with Crippen LogP contribution in [0.4, 0.5) is 0 Å². The molecule has 0 spiro atoms. The van der Waals surface area contributed by atoms with E-state index < -0.39 is 0 Å². The molecule has 0 aliphatic heterocycles. The van der Waals surface area contributed by atoms with Crippen LogP contribution in [0.15, 0.2) is 72.8 Å². The predicted octanol–water partition coefficient (Wildman–Crippen LogP) is 6.24. The molecule has 1 N–H and O–H groups in total. The molecule has 132 valence electrons. The summed E-state index contributed by atoms with van der Waals surface area (Å²) < 4.78 is 0. The second kappa shape index (κ2) is 7.84. The van der Waals surface area contributed by atoms with Crippen molar-refractivity contribution in [2.75, 3.05) is 0 Å². The fraction of sp³-hybridized carbons (Fsp3) is 0.217. The molecule has 0 radical (unpaired) electrons. The monoisotopic (exact) mass is 381 g/mol. The third-order valence-corrected chi connectivity index (χ3v) is 5.80. The van der Waals surface area contributed by atoms with Gasteiger partial charge in [-0.25, -0.2) is 0 Å². The van der Waals surface area contributed by atoms with E-state index in [1.807, 2.05) is 12.1 Å². The summed E-state index contributed by atoms with van der Waals surface area (Å²) in [6.07, 6.45) is 2.01. The van der Waals surface area contributed by atoms with Crippen molar-refractivity contribution in [1.29, 1.82) is 0 Å². The molecule has 2 atom stereocenters. The largest absolute Gasteiger partial charge is 0.306 e. The topological polar surface area (TPSA) is 12.0 Å². The summed E-state index contributed by atoms with van der Waals surface area (Å²) in [5.41, 5.74) is 5.33. The quantitative estimate of drug-likeness (QED) is 0.551. The normalized spacial score (nSPS) is 18.7. The van der Waals surface area contributed by atoms with Crippen LogP contribution in [0.2, 0.25) is 10.0 Å². The lowest BCUT2D eigenvalue weighted by molar-refractivity contribution is 0.385. The van der Waals surface area contributed by atoms with E-state index in [9.17, 15) is 0 Å². The van der Waals surface area contributed by atoms with E-state index in [1.54, 1.807) is 0 Å². The number of hydrogen-bond donors (Lipinski definition) is 1. The van der Waals surface area contributed by atoms with Crippen molar-refractivity contribution < 1.29 is 0 Å². The molecule has 2 unspecified atom stereocenters. The van der Waals surface area contributed by atoms with Crippen LogP contribution in [0.1, 0.15) is 28.3 Å². The van der Waals surface area contributed by atoms with Gasteiger partial charge in [-0.05, 0) is 53.1 Å². The summed E-state index contributed by atoms with van der Waals surface area (Å²) in [4.78, 5) is 0. The second-order valence-electron chi connectivity index (χ2n) is 6.95. The molecule has 0 fully saturated rings. The van der Waals surface area contributed by atoms with Crippen LogP contribution < -0.4 is 5.32 Å². The maximum absolute atomic E-state index is 6.44. The van der Waals surface area contributed by atoms with Gasteiger partial charge in [-0.3, -0.25) is 0 Å². The Morgan fingerprint density at radius 2 is 1.65 bits per heavy atom. The lowest BCUT2D eigenvalue weighted by atomic mass is 9.92. The van der Waals surface area contributed by atoms with Crippen molar-refractivity contribution in [2.24, 2.45) is 5.92 Å². The Balaban J connectivity index is 1.56. The van der Waals surface area contributed by atoms with Crippen LogP contribution in [0.5, 0.6) is 0 Å². The van der Waals surface area contributed by atoms with Crippen molar-refractivity contribution >= 4 is 23.2 Å². The van der Waals surface area contributed by atoms with Crippen molar-refractivity contribution in [3.8, 4) is 0 Å². The van der Waals surface area contributed by atoms with Gasteiger partial charge in [0.2, 0.25) is 0 Å². The first-order valence-electron chi connectivity index (χ1n) is 9.00. The van der Waals surface area contributed by atoms with Crippen LogP contribution in [-0.4, -0.2) is 0 Å². The zero-order chi connectivity index (χ0) is 17.9. The SMILES string of the molecule is Clc1ccc(CC2Cc3ccccc3C2NCc2ccccc2)c(Cl)c1. The van der Waals surface area contributed by atoms with Gasteiger partial charge in [-0.1, -0.05) is 83.9 Å². The number of benzene rings is 3. The highest BCUT2D eigenvalue weighted by Crippen LogP contribution is 2.39. The van der Waals surface area contributed by atoms with E-state index in [2.05, 4.69) is 66.0 Å². The van der Waals surface area contributed by atoms with Crippen molar-refractivity contribution in [2.45, 2.75) is 25.4 Å². The first kappa shape index (κ1) is 17.6. The molecule has 0 saturated heterocycles. The molecule has 3 heteroatoms. The Hall–Kier alpha value is -1.80. The van der Waals surface area contributed by atoms with E-state index >= 15 is 0 Å². The van der Waals surface area contributed by atoms with Gasteiger partial charge in [0.25, 0.3) is 0 Å². The van der Waals surface area contributed by atoms with Gasteiger partial charge in [0.1, 0.15) is 0 Å². The Morgan fingerprint density at radius 3 is 2.46 bits per heavy atom. The van der Waals surface area contributed by atoms with Crippen LogP contribution in [0.25, 0.3) is 0 Å². The van der Waals surface area contributed by atoms with Gasteiger partial charge in [-0.15, -0.1) is 0 Å². The zero-order valence-corrected chi connectivity index (χ0v) is 16.0. The molecule has 1 nitrogen and oxygen atoms in total. The van der Waals surface area contributed by atoms with Gasteiger partial charge in [0.15, 0.2) is 0 Å². The Labute approximate surface area is 165 Å². The molecule has 0 aromatic heterocycles. The molecule has 3 aromatic rings. The summed E-state index contributed by atoms with van der Waals surface area (Å²) in [6, 6.07) is 25.5. The number of rotatable bonds is 5. The second-order valence-corrected chi connectivity index (χ2v) is 7.79. The highest BCUT2D eigenvalue weighted by atomic mass is 35.5. The Kier molecular flexibility index (Phi) is 5.31. The lowest BCUT2D eigenvalue weighted by Gasteiger charge is -2.23. The predicted molar refractivity (Wildman–Crippen MR) is 110 cm³/mol. The maximum Gasteiger partial charge on any atom is 0.0452 e. The first-order valence-corrected chi connectivity index (χ1v) is 9.75. The minimum Gasteiger partial charge on any atom is -0.306 e. The molecule has 1 aliphatic carbocycles. The smallest absolute Gasteiger partial charge is 0.0452 e.